The molecule has 1 N–H and O–H groups in total. The highest BCUT2D eigenvalue weighted by Gasteiger charge is 2.11. The minimum atomic E-state index is 0.791. The van der Waals surface area contributed by atoms with Gasteiger partial charge in [0, 0.05) is 17.7 Å². The van der Waals surface area contributed by atoms with E-state index in [-0.39, 0.29) is 0 Å². The van der Waals surface area contributed by atoms with Crippen LogP contribution in [0.5, 0.6) is 0 Å². The quantitative estimate of drug-likeness (QED) is 0.773. The molecule has 0 saturated heterocycles. The number of rotatable bonds is 3. The Hall–Kier alpha value is -2.42. The zero-order chi connectivity index (χ0) is 14.8. The van der Waals surface area contributed by atoms with E-state index in [0.29, 0.717) is 0 Å². The minimum Gasteiger partial charge on any atom is -0.370 e. The van der Waals surface area contributed by atoms with Crippen molar-refractivity contribution in [1.29, 1.82) is 0 Å². The SMILES string of the molecule is CCNc1nc(C)nc(-c2ccc3ccccc3c2)c1C. The fraction of sp³-hybridized carbons (Fsp3) is 0.222. The summed E-state index contributed by atoms with van der Waals surface area (Å²) < 4.78 is 0. The Kier molecular flexibility index (Phi) is 3.57. The lowest BCUT2D eigenvalue weighted by Gasteiger charge is -2.12. The summed E-state index contributed by atoms with van der Waals surface area (Å²) in [4.78, 5) is 9.13. The molecule has 0 atom stereocenters. The van der Waals surface area contributed by atoms with Crippen LogP contribution < -0.4 is 5.32 Å². The van der Waals surface area contributed by atoms with E-state index in [1.165, 1.54) is 10.8 Å². The van der Waals surface area contributed by atoms with Crippen LogP contribution in [0.4, 0.5) is 5.82 Å². The third kappa shape index (κ3) is 2.59. The van der Waals surface area contributed by atoms with Crippen LogP contribution in [0, 0.1) is 13.8 Å². The molecule has 0 fully saturated rings. The lowest BCUT2D eigenvalue weighted by molar-refractivity contribution is 1.02. The fourth-order valence-electron chi connectivity index (χ4n) is 2.59. The predicted molar refractivity (Wildman–Crippen MR) is 88.6 cm³/mol. The standard InChI is InChI=1S/C18H19N3/c1-4-19-18-12(2)17(20-13(3)21-18)16-10-9-14-7-5-6-8-15(14)11-16/h5-11H,4H2,1-3H3,(H,19,20,21). The molecule has 0 aliphatic rings. The molecule has 3 aromatic rings. The summed E-state index contributed by atoms with van der Waals surface area (Å²) >= 11 is 0. The summed E-state index contributed by atoms with van der Waals surface area (Å²) in [6.07, 6.45) is 0. The van der Waals surface area contributed by atoms with E-state index < -0.39 is 0 Å². The monoisotopic (exact) mass is 277 g/mol. The second-order valence-corrected chi connectivity index (χ2v) is 5.19. The summed E-state index contributed by atoms with van der Waals surface area (Å²) in [6.45, 7) is 6.94. The molecule has 0 radical (unpaired) electrons. The third-order valence-corrected chi connectivity index (χ3v) is 3.62. The highest BCUT2D eigenvalue weighted by Crippen LogP contribution is 2.28. The van der Waals surface area contributed by atoms with Crippen LogP contribution in [0.1, 0.15) is 18.3 Å². The molecule has 0 unspecified atom stereocenters. The first-order valence-corrected chi connectivity index (χ1v) is 7.27. The number of nitrogens with zero attached hydrogens (tertiary/aromatic N) is 2. The van der Waals surface area contributed by atoms with Gasteiger partial charge in [0.25, 0.3) is 0 Å². The van der Waals surface area contributed by atoms with Gasteiger partial charge in [-0.05, 0) is 37.6 Å². The molecule has 3 heteroatoms. The van der Waals surface area contributed by atoms with E-state index in [1.807, 2.05) is 6.92 Å². The fourth-order valence-corrected chi connectivity index (χ4v) is 2.59. The first-order chi connectivity index (χ1) is 10.2. The molecule has 0 amide bonds. The molecule has 0 saturated carbocycles. The Balaban J connectivity index is 2.17. The van der Waals surface area contributed by atoms with Crippen molar-refractivity contribution in [2.75, 3.05) is 11.9 Å². The number of aryl methyl sites for hydroxylation is 1. The molecule has 0 bridgehead atoms. The van der Waals surface area contributed by atoms with E-state index in [4.69, 9.17) is 0 Å². The molecule has 21 heavy (non-hydrogen) atoms. The number of aromatic nitrogens is 2. The Morgan fingerprint density at radius 2 is 1.71 bits per heavy atom. The van der Waals surface area contributed by atoms with Crippen LogP contribution in [0.25, 0.3) is 22.0 Å². The van der Waals surface area contributed by atoms with Gasteiger partial charge in [-0.1, -0.05) is 36.4 Å². The Labute approximate surface area is 125 Å². The highest BCUT2D eigenvalue weighted by atomic mass is 15.0. The van der Waals surface area contributed by atoms with Crippen LogP contribution in [-0.2, 0) is 0 Å². The van der Waals surface area contributed by atoms with Gasteiger partial charge in [0.05, 0.1) is 5.69 Å². The number of anilines is 1. The van der Waals surface area contributed by atoms with Gasteiger partial charge in [-0.3, -0.25) is 0 Å². The maximum atomic E-state index is 4.64. The van der Waals surface area contributed by atoms with E-state index in [1.54, 1.807) is 0 Å². The number of hydrogen-bond donors (Lipinski definition) is 1. The topological polar surface area (TPSA) is 37.8 Å². The van der Waals surface area contributed by atoms with Gasteiger partial charge < -0.3 is 5.32 Å². The largest absolute Gasteiger partial charge is 0.370 e. The van der Waals surface area contributed by atoms with Crippen LogP contribution >= 0.6 is 0 Å². The number of nitrogens with one attached hydrogen (secondary N) is 1. The van der Waals surface area contributed by atoms with E-state index in [0.717, 1.165) is 35.0 Å². The Morgan fingerprint density at radius 3 is 2.48 bits per heavy atom. The minimum absolute atomic E-state index is 0.791. The van der Waals surface area contributed by atoms with Gasteiger partial charge in [0.1, 0.15) is 11.6 Å². The van der Waals surface area contributed by atoms with Crippen molar-refractivity contribution in [3.8, 4) is 11.3 Å². The molecular formula is C18H19N3. The Morgan fingerprint density at radius 1 is 0.952 bits per heavy atom. The van der Waals surface area contributed by atoms with Gasteiger partial charge in [0.2, 0.25) is 0 Å². The summed E-state index contributed by atoms with van der Waals surface area (Å²) in [6, 6.07) is 14.9. The molecular weight excluding hydrogens is 258 g/mol. The maximum Gasteiger partial charge on any atom is 0.133 e. The smallest absolute Gasteiger partial charge is 0.133 e. The van der Waals surface area contributed by atoms with E-state index in [2.05, 4.69) is 71.6 Å². The molecule has 2 aromatic carbocycles. The lowest BCUT2D eigenvalue weighted by Crippen LogP contribution is -2.06. The molecule has 0 spiro atoms. The normalized spacial score (nSPS) is 10.8. The van der Waals surface area contributed by atoms with Gasteiger partial charge in [-0.2, -0.15) is 0 Å². The van der Waals surface area contributed by atoms with Crippen molar-refractivity contribution in [3.63, 3.8) is 0 Å². The van der Waals surface area contributed by atoms with Gasteiger partial charge in [0.15, 0.2) is 0 Å². The average molecular weight is 277 g/mol. The van der Waals surface area contributed by atoms with Crippen molar-refractivity contribution >= 4 is 16.6 Å². The number of fused-ring (bicyclic) bond motifs is 1. The average Bonchev–Trinajstić information content (AvgIpc) is 2.50. The van der Waals surface area contributed by atoms with Crippen LogP contribution in [-0.4, -0.2) is 16.5 Å². The van der Waals surface area contributed by atoms with Crippen molar-refractivity contribution in [3.05, 3.63) is 53.9 Å². The van der Waals surface area contributed by atoms with Gasteiger partial charge >= 0.3 is 0 Å². The van der Waals surface area contributed by atoms with Crippen LogP contribution in [0.2, 0.25) is 0 Å². The van der Waals surface area contributed by atoms with Crippen LogP contribution in [0.15, 0.2) is 42.5 Å². The summed E-state index contributed by atoms with van der Waals surface area (Å²) in [5.74, 6) is 1.72. The summed E-state index contributed by atoms with van der Waals surface area (Å²) in [5.41, 5.74) is 3.23. The van der Waals surface area contributed by atoms with Crippen molar-refractivity contribution in [2.45, 2.75) is 20.8 Å². The molecule has 1 aromatic heterocycles. The predicted octanol–water partition coefficient (Wildman–Crippen LogP) is 4.35. The molecule has 106 valence electrons. The first-order valence-electron chi connectivity index (χ1n) is 7.27. The van der Waals surface area contributed by atoms with Gasteiger partial charge in [-0.25, -0.2) is 9.97 Å². The second-order valence-electron chi connectivity index (χ2n) is 5.19. The zero-order valence-electron chi connectivity index (χ0n) is 12.6. The summed E-state index contributed by atoms with van der Waals surface area (Å²) in [7, 11) is 0. The molecule has 0 aliphatic heterocycles. The lowest BCUT2D eigenvalue weighted by atomic mass is 10.0. The first kappa shape index (κ1) is 13.6. The number of hydrogen-bond acceptors (Lipinski definition) is 3. The highest BCUT2D eigenvalue weighted by molar-refractivity contribution is 5.87. The zero-order valence-corrected chi connectivity index (χ0v) is 12.6. The second kappa shape index (κ2) is 5.52. The summed E-state index contributed by atoms with van der Waals surface area (Å²) in [5, 5.41) is 5.79. The number of benzene rings is 2. The molecule has 3 nitrogen and oxygen atoms in total. The van der Waals surface area contributed by atoms with Gasteiger partial charge in [-0.15, -0.1) is 0 Å². The molecule has 3 rings (SSSR count). The van der Waals surface area contributed by atoms with E-state index >= 15 is 0 Å². The van der Waals surface area contributed by atoms with Crippen molar-refractivity contribution in [2.24, 2.45) is 0 Å². The molecule has 1 heterocycles. The van der Waals surface area contributed by atoms with Crippen molar-refractivity contribution in [1.82, 2.24) is 9.97 Å². The maximum absolute atomic E-state index is 4.64. The van der Waals surface area contributed by atoms with Crippen molar-refractivity contribution < 1.29 is 0 Å². The Bertz CT molecular complexity index is 794. The third-order valence-electron chi connectivity index (χ3n) is 3.62. The molecule has 0 aliphatic carbocycles. The van der Waals surface area contributed by atoms with Crippen LogP contribution in [0.3, 0.4) is 0 Å². The van der Waals surface area contributed by atoms with E-state index in [9.17, 15) is 0 Å².